The number of nitrogens with two attached hydrogens (primary N) is 1. The lowest BCUT2D eigenvalue weighted by molar-refractivity contribution is 0.963. The number of nitrogens with zero attached hydrogens (tertiary/aromatic N) is 2. The quantitative estimate of drug-likeness (QED) is 0.792. The Kier molecular flexibility index (Phi) is 2.83. The Morgan fingerprint density at radius 1 is 1.54 bits per heavy atom. The Labute approximate surface area is 90.5 Å². The fraction of sp³-hybridized carbons (Fsp3) is 0.125. The zero-order valence-corrected chi connectivity index (χ0v) is 9.39. The summed E-state index contributed by atoms with van der Waals surface area (Å²) in [5.41, 5.74) is 6.64. The molecule has 0 radical (unpaired) electrons. The summed E-state index contributed by atoms with van der Waals surface area (Å²) in [7, 11) is 1.98. The van der Waals surface area contributed by atoms with E-state index in [9.17, 15) is 0 Å². The van der Waals surface area contributed by atoms with Gasteiger partial charge in [0.25, 0.3) is 0 Å². The number of anilines is 1. The molecule has 2 rings (SSSR count). The van der Waals surface area contributed by atoms with Gasteiger partial charge in [0.1, 0.15) is 5.82 Å². The molecular formula is C8H9BrClN3. The second kappa shape index (κ2) is 3.55. The molecule has 2 aromatic rings. The minimum atomic E-state index is 0. The Bertz CT molecular complexity index is 438. The molecule has 2 aromatic heterocycles. The maximum Gasteiger partial charge on any atom is 0.124 e. The molecule has 2 heterocycles. The second-order valence-electron chi connectivity index (χ2n) is 2.71. The first-order valence-corrected chi connectivity index (χ1v) is 4.34. The lowest BCUT2D eigenvalue weighted by atomic mass is 10.3. The summed E-state index contributed by atoms with van der Waals surface area (Å²) >= 11 is 3.45. The molecule has 0 amide bonds. The van der Waals surface area contributed by atoms with Crippen molar-refractivity contribution < 1.29 is 0 Å². The predicted molar refractivity (Wildman–Crippen MR) is 60.1 cm³/mol. The number of hydrogen-bond acceptors (Lipinski definition) is 2. The molecule has 0 unspecified atom stereocenters. The van der Waals surface area contributed by atoms with E-state index in [1.54, 1.807) is 6.20 Å². The van der Waals surface area contributed by atoms with Crippen molar-refractivity contribution in [2.75, 3.05) is 5.73 Å². The fourth-order valence-corrected chi connectivity index (χ4v) is 1.87. The van der Waals surface area contributed by atoms with Crippen molar-refractivity contribution in [3.05, 3.63) is 22.9 Å². The first kappa shape index (κ1) is 10.3. The molecular weight excluding hydrogens is 253 g/mol. The summed E-state index contributed by atoms with van der Waals surface area (Å²) in [5.74, 6) is 0.550. The monoisotopic (exact) mass is 261 g/mol. The van der Waals surface area contributed by atoms with Gasteiger partial charge in [0.05, 0.1) is 11.7 Å². The van der Waals surface area contributed by atoms with Crippen LogP contribution in [0.5, 0.6) is 0 Å². The van der Waals surface area contributed by atoms with E-state index >= 15 is 0 Å². The van der Waals surface area contributed by atoms with E-state index in [0.717, 1.165) is 15.4 Å². The summed E-state index contributed by atoms with van der Waals surface area (Å²) in [6.07, 6.45) is 3.77. The van der Waals surface area contributed by atoms with Crippen molar-refractivity contribution in [1.29, 1.82) is 0 Å². The summed E-state index contributed by atoms with van der Waals surface area (Å²) in [5, 5.41) is 1.10. The molecule has 0 aliphatic carbocycles. The van der Waals surface area contributed by atoms with E-state index in [2.05, 4.69) is 20.9 Å². The lowest BCUT2D eigenvalue weighted by Crippen LogP contribution is -1.90. The normalized spacial score (nSPS) is 10.0. The summed E-state index contributed by atoms with van der Waals surface area (Å²) in [6.45, 7) is 0. The molecule has 2 N–H and O–H groups in total. The first-order chi connectivity index (χ1) is 5.68. The van der Waals surface area contributed by atoms with Crippen LogP contribution in [0.1, 0.15) is 0 Å². The number of hydrogen-bond donors (Lipinski definition) is 1. The molecule has 0 fully saturated rings. The van der Waals surface area contributed by atoms with Crippen molar-refractivity contribution in [3.63, 3.8) is 0 Å². The smallest absolute Gasteiger partial charge is 0.124 e. The average Bonchev–Trinajstić information content (AvgIpc) is 2.28. The van der Waals surface area contributed by atoms with Gasteiger partial charge in [-0.25, -0.2) is 4.98 Å². The Balaban J connectivity index is 0.000000845. The largest absolute Gasteiger partial charge is 0.384 e. The van der Waals surface area contributed by atoms with Crippen molar-refractivity contribution in [1.82, 2.24) is 9.55 Å². The Morgan fingerprint density at radius 3 is 2.92 bits per heavy atom. The van der Waals surface area contributed by atoms with Gasteiger partial charge in [-0.1, -0.05) is 0 Å². The number of pyridine rings is 1. The van der Waals surface area contributed by atoms with Crippen LogP contribution in [-0.2, 0) is 7.05 Å². The predicted octanol–water partition coefficient (Wildman–Crippen LogP) is 2.34. The van der Waals surface area contributed by atoms with E-state index < -0.39 is 0 Å². The third-order valence-electron chi connectivity index (χ3n) is 1.85. The van der Waals surface area contributed by atoms with Gasteiger partial charge in [-0.15, -0.1) is 12.4 Å². The standard InChI is InChI=1S/C8H8BrN3.ClH/c1-12-4-6(9)5-2-8(10)11-3-7(5)12;/h2-4H,1H3,(H2,10,11);1H. The van der Waals surface area contributed by atoms with Gasteiger partial charge in [0.2, 0.25) is 0 Å². The first-order valence-electron chi connectivity index (χ1n) is 3.54. The van der Waals surface area contributed by atoms with Gasteiger partial charge in [0.15, 0.2) is 0 Å². The lowest BCUT2D eigenvalue weighted by Gasteiger charge is -1.95. The molecule has 0 aliphatic rings. The number of fused-ring (bicyclic) bond motifs is 1. The van der Waals surface area contributed by atoms with Gasteiger partial charge in [0, 0.05) is 23.1 Å². The molecule has 70 valence electrons. The molecule has 3 nitrogen and oxygen atoms in total. The highest BCUT2D eigenvalue weighted by molar-refractivity contribution is 9.10. The third kappa shape index (κ3) is 1.64. The Hall–Kier alpha value is -0.740. The zero-order valence-electron chi connectivity index (χ0n) is 6.99. The molecule has 0 saturated heterocycles. The fourth-order valence-electron chi connectivity index (χ4n) is 1.25. The van der Waals surface area contributed by atoms with Crippen LogP contribution in [-0.4, -0.2) is 9.55 Å². The van der Waals surface area contributed by atoms with E-state index in [0.29, 0.717) is 5.82 Å². The SMILES string of the molecule is Cl.Cn1cc(Br)c2cc(N)ncc21. The highest BCUT2D eigenvalue weighted by Crippen LogP contribution is 2.25. The molecule has 5 heteroatoms. The molecule has 0 saturated carbocycles. The van der Waals surface area contributed by atoms with Crippen molar-refractivity contribution >= 4 is 45.1 Å². The van der Waals surface area contributed by atoms with E-state index in [-0.39, 0.29) is 12.4 Å². The molecule has 0 atom stereocenters. The van der Waals surface area contributed by atoms with E-state index in [4.69, 9.17) is 5.73 Å². The van der Waals surface area contributed by atoms with E-state index in [1.807, 2.05) is 23.9 Å². The summed E-state index contributed by atoms with van der Waals surface area (Å²) in [6, 6.07) is 1.86. The number of aromatic nitrogens is 2. The number of rotatable bonds is 0. The summed E-state index contributed by atoms with van der Waals surface area (Å²) in [4.78, 5) is 4.02. The van der Waals surface area contributed by atoms with Crippen LogP contribution in [0, 0.1) is 0 Å². The van der Waals surface area contributed by atoms with E-state index in [1.165, 1.54) is 0 Å². The van der Waals surface area contributed by atoms with Crippen molar-refractivity contribution in [3.8, 4) is 0 Å². The third-order valence-corrected chi connectivity index (χ3v) is 2.48. The Morgan fingerprint density at radius 2 is 2.23 bits per heavy atom. The van der Waals surface area contributed by atoms with Crippen LogP contribution < -0.4 is 5.73 Å². The topological polar surface area (TPSA) is 43.8 Å². The highest BCUT2D eigenvalue weighted by atomic mass is 79.9. The molecule has 0 bridgehead atoms. The van der Waals surface area contributed by atoms with Crippen molar-refractivity contribution in [2.45, 2.75) is 0 Å². The van der Waals surface area contributed by atoms with Crippen LogP contribution >= 0.6 is 28.3 Å². The summed E-state index contributed by atoms with van der Waals surface area (Å²) < 4.78 is 3.06. The molecule has 0 spiro atoms. The van der Waals surface area contributed by atoms with Crippen LogP contribution in [0.3, 0.4) is 0 Å². The molecule has 0 aliphatic heterocycles. The van der Waals surface area contributed by atoms with Crippen LogP contribution in [0.4, 0.5) is 5.82 Å². The number of aryl methyl sites for hydroxylation is 1. The van der Waals surface area contributed by atoms with Gasteiger partial charge in [-0.3, -0.25) is 0 Å². The maximum atomic E-state index is 5.56. The van der Waals surface area contributed by atoms with Crippen molar-refractivity contribution in [2.24, 2.45) is 7.05 Å². The van der Waals surface area contributed by atoms with Gasteiger partial charge in [-0.05, 0) is 22.0 Å². The van der Waals surface area contributed by atoms with Gasteiger partial charge < -0.3 is 10.3 Å². The minimum Gasteiger partial charge on any atom is -0.384 e. The maximum absolute atomic E-state index is 5.56. The molecule has 13 heavy (non-hydrogen) atoms. The number of nitrogen functional groups attached to an aromatic ring is 1. The van der Waals surface area contributed by atoms with Crippen LogP contribution in [0.2, 0.25) is 0 Å². The highest BCUT2D eigenvalue weighted by Gasteiger charge is 2.03. The second-order valence-corrected chi connectivity index (χ2v) is 3.57. The van der Waals surface area contributed by atoms with Gasteiger partial charge in [-0.2, -0.15) is 0 Å². The zero-order chi connectivity index (χ0) is 8.72. The number of halogens is 2. The van der Waals surface area contributed by atoms with Crippen LogP contribution in [0.25, 0.3) is 10.9 Å². The average molecular weight is 263 g/mol. The minimum absolute atomic E-state index is 0. The van der Waals surface area contributed by atoms with Gasteiger partial charge >= 0.3 is 0 Å². The van der Waals surface area contributed by atoms with Crippen LogP contribution in [0.15, 0.2) is 22.9 Å². The molecule has 0 aromatic carbocycles.